The maximum atomic E-state index is 12.7. The van der Waals surface area contributed by atoms with Gasteiger partial charge in [-0.15, -0.1) is 0 Å². The van der Waals surface area contributed by atoms with Crippen molar-refractivity contribution in [1.29, 1.82) is 0 Å². The number of nitrogens with zero attached hydrogens (tertiary/aromatic N) is 5. The van der Waals surface area contributed by atoms with E-state index in [0.29, 0.717) is 0 Å². The number of sulfonamides is 1. The van der Waals surface area contributed by atoms with Gasteiger partial charge in [-0.3, -0.25) is 20.2 Å². The Morgan fingerprint density at radius 3 is 2.30 bits per heavy atom. The van der Waals surface area contributed by atoms with Crippen molar-refractivity contribution >= 4 is 27.2 Å². The molecule has 1 fully saturated rings. The van der Waals surface area contributed by atoms with E-state index in [9.17, 15) is 28.6 Å². The first kappa shape index (κ1) is 18.7. The topological polar surface area (TPSA) is 140 Å². The van der Waals surface area contributed by atoms with E-state index >= 15 is 0 Å². The highest BCUT2D eigenvalue weighted by Crippen LogP contribution is 2.27. The van der Waals surface area contributed by atoms with Crippen LogP contribution >= 0.6 is 0 Å². The summed E-state index contributed by atoms with van der Waals surface area (Å²) in [5.74, 6) is 0.190. The zero-order chi connectivity index (χ0) is 19.6. The summed E-state index contributed by atoms with van der Waals surface area (Å²) >= 11 is 0. The SMILES string of the molecule is O=[N+]([O-])c1cccc(S(=O)(=O)N2CCN(c3ncccc3[N+](=O)[O-])CC2)c1. The molecule has 1 aromatic heterocycles. The summed E-state index contributed by atoms with van der Waals surface area (Å²) in [5.41, 5.74) is -0.452. The lowest BCUT2D eigenvalue weighted by atomic mass is 10.3. The smallest absolute Gasteiger partial charge is 0.311 e. The van der Waals surface area contributed by atoms with Crippen molar-refractivity contribution in [3.8, 4) is 0 Å². The molecule has 2 heterocycles. The molecule has 1 saturated heterocycles. The molecule has 2 aromatic rings. The average molecular weight is 393 g/mol. The van der Waals surface area contributed by atoms with E-state index in [2.05, 4.69) is 4.98 Å². The molecule has 0 spiro atoms. The number of aromatic nitrogens is 1. The molecular formula is C15H15N5O6S. The van der Waals surface area contributed by atoms with Gasteiger partial charge in [0.15, 0.2) is 0 Å². The van der Waals surface area contributed by atoms with E-state index in [-0.39, 0.29) is 48.3 Å². The maximum Gasteiger partial charge on any atom is 0.311 e. The Bertz CT molecular complexity index is 988. The van der Waals surface area contributed by atoms with Crippen LogP contribution in [-0.4, -0.2) is 53.7 Å². The maximum absolute atomic E-state index is 12.7. The van der Waals surface area contributed by atoms with Crippen LogP contribution in [0.25, 0.3) is 0 Å². The highest BCUT2D eigenvalue weighted by Gasteiger charge is 2.31. The lowest BCUT2D eigenvalue weighted by Crippen LogP contribution is -2.49. The Balaban J connectivity index is 1.78. The Kier molecular flexibility index (Phi) is 5.01. The van der Waals surface area contributed by atoms with Gasteiger partial charge in [0.05, 0.1) is 14.7 Å². The number of hydrogen-bond donors (Lipinski definition) is 0. The minimum Gasteiger partial charge on any atom is -0.348 e. The first-order chi connectivity index (χ1) is 12.8. The number of nitro groups is 2. The van der Waals surface area contributed by atoms with Crippen molar-refractivity contribution < 1.29 is 18.3 Å². The number of hydrogen-bond acceptors (Lipinski definition) is 8. The molecule has 0 N–H and O–H groups in total. The van der Waals surface area contributed by atoms with Crippen molar-refractivity contribution in [3.63, 3.8) is 0 Å². The molecule has 0 radical (unpaired) electrons. The van der Waals surface area contributed by atoms with Gasteiger partial charge in [-0.1, -0.05) is 6.07 Å². The van der Waals surface area contributed by atoms with Crippen LogP contribution in [0.5, 0.6) is 0 Å². The molecule has 0 atom stereocenters. The van der Waals surface area contributed by atoms with Gasteiger partial charge < -0.3 is 4.90 Å². The van der Waals surface area contributed by atoms with Crippen molar-refractivity contribution in [2.45, 2.75) is 4.90 Å². The number of piperazine rings is 1. The summed E-state index contributed by atoms with van der Waals surface area (Å²) < 4.78 is 26.7. The third-order valence-corrected chi connectivity index (χ3v) is 6.06. The first-order valence-electron chi connectivity index (χ1n) is 7.89. The predicted molar refractivity (Wildman–Crippen MR) is 95.0 cm³/mol. The summed E-state index contributed by atoms with van der Waals surface area (Å²) in [6.45, 7) is 0.593. The Hall–Kier alpha value is -3.12. The zero-order valence-electron chi connectivity index (χ0n) is 14.0. The molecule has 0 aliphatic carbocycles. The molecule has 27 heavy (non-hydrogen) atoms. The fourth-order valence-corrected chi connectivity index (χ4v) is 4.28. The third kappa shape index (κ3) is 3.71. The number of benzene rings is 1. The average Bonchev–Trinajstić information content (AvgIpc) is 2.68. The van der Waals surface area contributed by atoms with Crippen molar-refractivity contribution in [2.75, 3.05) is 31.1 Å². The third-order valence-electron chi connectivity index (χ3n) is 4.17. The quantitative estimate of drug-likeness (QED) is 0.548. The molecule has 0 unspecified atom stereocenters. The summed E-state index contributed by atoms with van der Waals surface area (Å²) in [6.07, 6.45) is 1.44. The standard InChI is InChI=1S/C15H15N5O6S/c21-19(22)12-3-1-4-13(11-12)27(25,26)18-9-7-17(8-10-18)15-14(20(23)24)5-2-6-16-15/h1-6,11H,7-10H2. The number of non-ortho nitro benzene ring substituents is 1. The first-order valence-corrected chi connectivity index (χ1v) is 9.33. The van der Waals surface area contributed by atoms with Gasteiger partial charge in [0, 0.05) is 50.6 Å². The fraction of sp³-hybridized carbons (Fsp3) is 0.267. The van der Waals surface area contributed by atoms with Crippen LogP contribution in [0.1, 0.15) is 0 Å². The van der Waals surface area contributed by atoms with E-state index in [1.165, 1.54) is 40.8 Å². The number of rotatable bonds is 5. The summed E-state index contributed by atoms with van der Waals surface area (Å²) in [4.78, 5) is 26.4. The van der Waals surface area contributed by atoms with Gasteiger partial charge in [-0.2, -0.15) is 4.31 Å². The lowest BCUT2D eigenvalue weighted by molar-refractivity contribution is -0.385. The van der Waals surface area contributed by atoms with Gasteiger partial charge in [-0.25, -0.2) is 13.4 Å². The van der Waals surface area contributed by atoms with Crippen LogP contribution in [-0.2, 0) is 10.0 Å². The molecule has 11 nitrogen and oxygen atoms in total. The molecule has 0 saturated carbocycles. The van der Waals surface area contributed by atoms with Crippen LogP contribution in [0, 0.1) is 20.2 Å². The lowest BCUT2D eigenvalue weighted by Gasteiger charge is -2.34. The largest absolute Gasteiger partial charge is 0.348 e. The monoisotopic (exact) mass is 393 g/mol. The van der Waals surface area contributed by atoms with Crippen LogP contribution in [0.4, 0.5) is 17.2 Å². The Morgan fingerprint density at radius 1 is 0.963 bits per heavy atom. The molecule has 1 aromatic carbocycles. The van der Waals surface area contributed by atoms with Gasteiger partial charge >= 0.3 is 5.69 Å². The van der Waals surface area contributed by atoms with Gasteiger partial charge in [0.25, 0.3) is 5.69 Å². The van der Waals surface area contributed by atoms with Crippen LogP contribution in [0.3, 0.4) is 0 Å². The van der Waals surface area contributed by atoms with Crippen LogP contribution in [0.15, 0.2) is 47.5 Å². The van der Waals surface area contributed by atoms with E-state index < -0.39 is 19.9 Å². The second-order valence-corrected chi connectivity index (χ2v) is 7.69. The molecule has 3 rings (SSSR count). The van der Waals surface area contributed by atoms with E-state index in [1.807, 2.05) is 0 Å². The van der Waals surface area contributed by atoms with E-state index in [1.54, 1.807) is 4.90 Å². The molecule has 1 aliphatic heterocycles. The molecule has 0 amide bonds. The van der Waals surface area contributed by atoms with E-state index in [0.717, 1.165) is 6.07 Å². The van der Waals surface area contributed by atoms with Crippen molar-refractivity contribution in [2.24, 2.45) is 0 Å². The minimum atomic E-state index is -3.90. The van der Waals surface area contributed by atoms with Crippen molar-refractivity contribution in [1.82, 2.24) is 9.29 Å². The molecule has 1 aliphatic rings. The summed E-state index contributed by atoms with van der Waals surface area (Å²) in [7, 11) is -3.90. The molecule has 12 heteroatoms. The fourth-order valence-electron chi connectivity index (χ4n) is 2.82. The molecule has 142 valence electrons. The summed E-state index contributed by atoms with van der Waals surface area (Å²) in [6, 6.07) is 7.67. The van der Waals surface area contributed by atoms with Gasteiger partial charge in [0.1, 0.15) is 0 Å². The minimum absolute atomic E-state index is 0.0821. The number of pyridine rings is 1. The van der Waals surface area contributed by atoms with Gasteiger partial charge in [0.2, 0.25) is 15.8 Å². The zero-order valence-corrected chi connectivity index (χ0v) is 14.8. The Labute approximate surface area is 154 Å². The number of nitro benzene ring substituents is 1. The highest BCUT2D eigenvalue weighted by atomic mass is 32.2. The molecular weight excluding hydrogens is 378 g/mol. The predicted octanol–water partition coefficient (Wildman–Crippen LogP) is 1.41. The normalized spacial score (nSPS) is 15.5. The number of anilines is 1. The van der Waals surface area contributed by atoms with Crippen LogP contribution < -0.4 is 4.90 Å². The summed E-state index contributed by atoms with van der Waals surface area (Å²) in [5, 5.41) is 22.0. The highest BCUT2D eigenvalue weighted by molar-refractivity contribution is 7.89. The van der Waals surface area contributed by atoms with Crippen molar-refractivity contribution in [3.05, 3.63) is 62.8 Å². The van der Waals surface area contributed by atoms with Gasteiger partial charge in [-0.05, 0) is 12.1 Å². The van der Waals surface area contributed by atoms with Crippen LogP contribution in [0.2, 0.25) is 0 Å². The molecule has 0 bridgehead atoms. The Morgan fingerprint density at radius 2 is 1.67 bits per heavy atom. The second-order valence-electron chi connectivity index (χ2n) is 5.75. The second kappa shape index (κ2) is 7.25. The van der Waals surface area contributed by atoms with E-state index in [4.69, 9.17) is 0 Å².